The Labute approximate surface area is 365 Å². The number of aromatic amines is 2. The number of halogens is 10. The Balaban J connectivity index is 1.39. The summed E-state index contributed by atoms with van der Waals surface area (Å²) in [5.74, 6) is -21.9. The van der Waals surface area contributed by atoms with E-state index in [2.05, 4.69) is 9.97 Å². The van der Waals surface area contributed by atoms with Gasteiger partial charge in [0.2, 0.25) is 11.6 Å². The van der Waals surface area contributed by atoms with Crippen LogP contribution < -0.4 is 0 Å². The summed E-state index contributed by atoms with van der Waals surface area (Å²) in [4.78, 5) is 15.8. The van der Waals surface area contributed by atoms with Gasteiger partial charge in [-0.1, -0.05) is 84.9 Å². The van der Waals surface area contributed by atoms with Crippen LogP contribution in [0.4, 0.5) is 43.9 Å². The van der Waals surface area contributed by atoms with Crippen LogP contribution in [0, 0.1) is 58.2 Å². The predicted molar refractivity (Wildman–Crippen MR) is 235 cm³/mol. The maximum atomic E-state index is 16.1. The average molecular weight is 895 g/mol. The van der Waals surface area contributed by atoms with Gasteiger partial charge in [0.15, 0.2) is 46.5 Å². The second kappa shape index (κ2) is 15.2. The molecule has 5 heterocycles. The molecule has 2 aliphatic heterocycles. The van der Waals surface area contributed by atoms with Crippen LogP contribution in [-0.2, 0) is 0 Å². The van der Waals surface area contributed by atoms with Crippen LogP contribution in [0.5, 0.6) is 0 Å². The standard InChI is InChI=1S/C52H24F10N4/c53-43-41(44(54)48(58)51(61)47(43)57)39-33-19-15-29(63-33)37(27-13-5-9-23-7-1-3-11-25(23)27)30-16-20-34(64-30)40(42-45(55)49(59)52(62)50(60)46(42)56)36-22-18-32(66-36)38(31-17-21-35(39)65-31)28-14-6-10-24-8-2-4-12-26(24)28/h1-22,63,66H. The second-order valence-electron chi connectivity index (χ2n) is 15.4. The van der Waals surface area contributed by atoms with Crippen molar-refractivity contribution in [3.8, 4) is 44.5 Å². The number of hydrogen-bond donors (Lipinski definition) is 2. The number of hydrogen-bond acceptors (Lipinski definition) is 2. The van der Waals surface area contributed by atoms with Gasteiger partial charge in [-0.15, -0.1) is 0 Å². The fourth-order valence-electron chi connectivity index (χ4n) is 8.83. The molecule has 0 amide bonds. The van der Waals surface area contributed by atoms with Crippen molar-refractivity contribution in [2.75, 3.05) is 0 Å². The summed E-state index contributed by atoms with van der Waals surface area (Å²) in [7, 11) is 0. The monoisotopic (exact) mass is 894 g/mol. The fraction of sp³-hybridized carbons (Fsp3) is 0. The van der Waals surface area contributed by atoms with Gasteiger partial charge >= 0.3 is 0 Å². The zero-order valence-electron chi connectivity index (χ0n) is 33.4. The van der Waals surface area contributed by atoms with Gasteiger partial charge in [0, 0.05) is 44.3 Å². The summed E-state index contributed by atoms with van der Waals surface area (Å²) in [6.07, 6.45) is 5.58. The Morgan fingerprint density at radius 1 is 0.273 bits per heavy atom. The second-order valence-corrected chi connectivity index (χ2v) is 15.4. The van der Waals surface area contributed by atoms with Crippen LogP contribution in [0.1, 0.15) is 22.8 Å². The van der Waals surface area contributed by atoms with E-state index in [1.165, 1.54) is 48.6 Å². The largest absolute Gasteiger partial charge is 0.354 e. The lowest BCUT2D eigenvalue weighted by Gasteiger charge is -2.11. The van der Waals surface area contributed by atoms with Crippen molar-refractivity contribution >= 4 is 67.9 Å². The highest BCUT2D eigenvalue weighted by Gasteiger charge is 2.32. The van der Waals surface area contributed by atoms with E-state index in [0.29, 0.717) is 21.9 Å². The molecular weight excluding hydrogens is 871 g/mol. The van der Waals surface area contributed by atoms with Crippen LogP contribution in [0.2, 0.25) is 0 Å². The molecule has 0 unspecified atom stereocenters. The highest BCUT2D eigenvalue weighted by molar-refractivity contribution is 6.07. The van der Waals surface area contributed by atoms with E-state index in [0.717, 1.165) is 10.8 Å². The minimum Gasteiger partial charge on any atom is -0.354 e. The van der Waals surface area contributed by atoms with Crippen LogP contribution in [-0.4, -0.2) is 19.9 Å². The molecule has 2 N–H and O–H groups in total. The molecule has 2 aliphatic rings. The van der Waals surface area contributed by atoms with Crippen LogP contribution >= 0.6 is 0 Å². The highest BCUT2D eigenvalue weighted by atomic mass is 19.2. The average Bonchev–Trinajstić information content (AvgIpc) is 4.19. The quantitative estimate of drug-likeness (QED) is 0.105. The number of rotatable bonds is 4. The smallest absolute Gasteiger partial charge is 0.200 e. The third-order valence-corrected chi connectivity index (χ3v) is 11.8. The molecule has 0 saturated heterocycles. The zero-order chi connectivity index (χ0) is 45.7. The molecule has 0 saturated carbocycles. The Kier molecular flexibility index (Phi) is 9.32. The number of nitrogens with one attached hydrogen (secondary N) is 2. The molecule has 0 fully saturated rings. The summed E-state index contributed by atoms with van der Waals surface area (Å²) in [6, 6.07) is 30.6. The van der Waals surface area contributed by atoms with E-state index in [4.69, 9.17) is 9.97 Å². The molecule has 0 radical (unpaired) electrons. The van der Waals surface area contributed by atoms with Gasteiger partial charge in [0.05, 0.1) is 33.9 Å². The number of benzene rings is 6. The number of H-pyrrole nitrogens is 2. The molecule has 11 rings (SSSR count). The lowest BCUT2D eigenvalue weighted by atomic mass is 9.97. The van der Waals surface area contributed by atoms with Gasteiger partial charge in [-0.2, -0.15) is 0 Å². The number of aromatic nitrogens is 4. The topological polar surface area (TPSA) is 57.4 Å². The molecule has 8 bridgehead atoms. The summed E-state index contributed by atoms with van der Waals surface area (Å²) in [5.41, 5.74) is -2.21. The molecule has 4 nitrogen and oxygen atoms in total. The van der Waals surface area contributed by atoms with E-state index in [-0.39, 0.29) is 56.0 Å². The van der Waals surface area contributed by atoms with E-state index in [1.54, 1.807) is 60.7 Å². The molecule has 66 heavy (non-hydrogen) atoms. The van der Waals surface area contributed by atoms with Crippen molar-refractivity contribution in [1.82, 2.24) is 19.9 Å². The zero-order valence-corrected chi connectivity index (χ0v) is 33.4. The Morgan fingerprint density at radius 2 is 0.561 bits per heavy atom. The first kappa shape index (κ1) is 40.5. The van der Waals surface area contributed by atoms with E-state index >= 15 is 35.1 Å². The van der Waals surface area contributed by atoms with Gasteiger partial charge in [0.25, 0.3) is 0 Å². The van der Waals surface area contributed by atoms with Crippen LogP contribution in [0.15, 0.2) is 109 Å². The molecule has 9 aromatic rings. The number of nitrogens with zero attached hydrogens (tertiary/aromatic N) is 2. The van der Waals surface area contributed by atoms with Crippen molar-refractivity contribution in [3.05, 3.63) is 190 Å². The van der Waals surface area contributed by atoms with Crippen molar-refractivity contribution in [1.29, 1.82) is 0 Å². The molecule has 322 valence electrons. The lowest BCUT2D eigenvalue weighted by Crippen LogP contribution is -2.05. The fourth-order valence-corrected chi connectivity index (χ4v) is 8.83. The Morgan fingerprint density at radius 3 is 0.924 bits per heavy atom. The van der Waals surface area contributed by atoms with E-state index in [1.807, 2.05) is 24.3 Å². The van der Waals surface area contributed by atoms with Crippen LogP contribution in [0.3, 0.4) is 0 Å². The molecule has 6 aromatic carbocycles. The maximum absolute atomic E-state index is 16.1. The normalized spacial score (nSPS) is 12.3. The molecule has 0 aliphatic carbocycles. The van der Waals surface area contributed by atoms with Gasteiger partial charge in [-0.3, -0.25) is 0 Å². The summed E-state index contributed by atoms with van der Waals surface area (Å²) < 4.78 is 154. The first-order valence-electron chi connectivity index (χ1n) is 20.1. The van der Waals surface area contributed by atoms with Crippen LogP contribution in [0.25, 0.3) is 112 Å². The van der Waals surface area contributed by atoms with Gasteiger partial charge in [-0.25, -0.2) is 53.9 Å². The summed E-state index contributed by atoms with van der Waals surface area (Å²) >= 11 is 0. The molecular formula is C52H24F10N4. The Hall–Kier alpha value is -8.26. The summed E-state index contributed by atoms with van der Waals surface area (Å²) in [6.45, 7) is 0. The molecule has 0 spiro atoms. The first-order chi connectivity index (χ1) is 31.9. The summed E-state index contributed by atoms with van der Waals surface area (Å²) in [5, 5.41) is 2.82. The SMILES string of the molecule is Fc1c(F)c(F)c(-c2c3nc(c(-c4cccc5ccccc45)c4ccc([nH]4)c(-c4c(F)c(F)c(F)c(F)c4F)c4nc(c(-c5cccc6ccccc56)c5ccc2[nH]5)C=C4)C=C3)c(F)c1F. The Bertz CT molecular complexity index is 3530. The lowest BCUT2D eigenvalue weighted by molar-refractivity contribution is 0.381. The van der Waals surface area contributed by atoms with Crippen molar-refractivity contribution < 1.29 is 43.9 Å². The maximum Gasteiger partial charge on any atom is 0.200 e. The highest BCUT2D eigenvalue weighted by Crippen LogP contribution is 2.43. The van der Waals surface area contributed by atoms with Crippen molar-refractivity contribution in [3.63, 3.8) is 0 Å². The van der Waals surface area contributed by atoms with Gasteiger partial charge in [-0.05, 0) is 81.2 Å². The van der Waals surface area contributed by atoms with Crippen molar-refractivity contribution in [2.24, 2.45) is 0 Å². The third kappa shape index (κ3) is 6.08. The van der Waals surface area contributed by atoms with Gasteiger partial charge in [0.1, 0.15) is 0 Å². The predicted octanol–water partition coefficient (Wildman–Crippen LogP) is 15.0. The minimum absolute atomic E-state index is 0.0875. The van der Waals surface area contributed by atoms with E-state index < -0.39 is 80.4 Å². The van der Waals surface area contributed by atoms with Crippen molar-refractivity contribution in [2.45, 2.75) is 0 Å². The minimum atomic E-state index is -2.35. The first-order valence-corrected chi connectivity index (χ1v) is 20.1. The van der Waals surface area contributed by atoms with Gasteiger partial charge < -0.3 is 9.97 Å². The molecule has 0 atom stereocenters. The third-order valence-electron chi connectivity index (χ3n) is 11.8. The number of fused-ring (bicyclic) bond motifs is 10. The molecule has 3 aromatic heterocycles. The molecule has 14 heteroatoms. The van der Waals surface area contributed by atoms with E-state index in [9.17, 15) is 8.78 Å².